The summed E-state index contributed by atoms with van der Waals surface area (Å²) in [5.74, 6) is 0. The predicted molar refractivity (Wildman–Crippen MR) is 83.9 cm³/mol. The predicted octanol–water partition coefficient (Wildman–Crippen LogP) is 3.74. The lowest BCUT2D eigenvalue weighted by Crippen LogP contribution is -2.35. The van der Waals surface area contributed by atoms with Gasteiger partial charge in [0.05, 0.1) is 0 Å². The van der Waals surface area contributed by atoms with Crippen LogP contribution in [0.4, 0.5) is 5.69 Å². The first-order valence-corrected chi connectivity index (χ1v) is 7.77. The summed E-state index contributed by atoms with van der Waals surface area (Å²) in [5, 5.41) is 3.74. The summed E-state index contributed by atoms with van der Waals surface area (Å²) in [4.78, 5) is 2.36. The third kappa shape index (κ3) is 4.54. The molecule has 0 atom stereocenters. The Balaban J connectivity index is 1.74. The van der Waals surface area contributed by atoms with E-state index in [1.54, 1.807) is 0 Å². The van der Waals surface area contributed by atoms with Gasteiger partial charge in [0.25, 0.3) is 0 Å². The molecular weight excluding hydrogens is 232 g/mol. The Morgan fingerprint density at radius 2 is 1.79 bits per heavy atom. The Labute approximate surface area is 118 Å². The van der Waals surface area contributed by atoms with Gasteiger partial charge in [-0.05, 0) is 31.4 Å². The Bertz CT molecular complexity index is 367. The highest BCUT2D eigenvalue weighted by Gasteiger charge is 2.11. The van der Waals surface area contributed by atoms with Gasteiger partial charge in [0.1, 0.15) is 0 Å². The number of benzene rings is 1. The Morgan fingerprint density at radius 3 is 2.47 bits per heavy atom. The second-order valence-corrected chi connectivity index (χ2v) is 5.85. The zero-order valence-electron chi connectivity index (χ0n) is 12.5. The summed E-state index contributed by atoms with van der Waals surface area (Å²) in [7, 11) is 2.19. The maximum absolute atomic E-state index is 3.74. The molecule has 0 radical (unpaired) electrons. The molecule has 2 heteroatoms. The van der Waals surface area contributed by atoms with Crippen molar-refractivity contribution in [3.8, 4) is 0 Å². The zero-order chi connectivity index (χ0) is 13.5. The molecule has 1 aromatic carbocycles. The van der Waals surface area contributed by atoms with Crippen molar-refractivity contribution >= 4 is 5.69 Å². The summed E-state index contributed by atoms with van der Waals surface area (Å²) < 4.78 is 0. The van der Waals surface area contributed by atoms with Crippen LogP contribution in [0.5, 0.6) is 0 Å². The monoisotopic (exact) mass is 260 g/mol. The van der Waals surface area contributed by atoms with Crippen LogP contribution in [0.3, 0.4) is 0 Å². The standard InChI is InChI=1S/C17H28N2/c1-15-9-7-8-12-17(15)19(2)14-13-18-16-10-5-3-4-6-11-16/h7-9,12,16,18H,3-6,10-11,13-14H2,1-2H3. The average molecular weight is 260 g/mol. The molecule has 0 aromatic heterocycles. The molecule has 0 spiro atoms. The fraction of sp³-hybridized carbons (Fsp3) is 0.647. The lowest BCUT2D eigenvalue weighted by atomic mass is 10.1. The van der Waals surface area contributed by atoms with Crippen molar-refractivity contribution in [2.75, 3.05) is 25.0 Å². The molecule has 1 fully saturated rings. The molecule has 19 heavy (non-hydrogen) atoms. The number of rotatable bonds is 5. The van der Waals surface area contributed by atoms with E-state index in [0.29, 0.717) is 0 Å². The van der Waals surface area contributed by atoms with Crippen LogP contribution in [-0.2, 0) is 0 Å². The number of para-hydroxylation sites is 1. The largest absolute Gasteiger partial charge is 0.373 e. The molecule has 1 aliphatic carbocycles. The second kappa shape index (κ2) is 7.54. The summed E-state index contributed by atoms with van der Waals surface area (Å²) in [6.45, 7) is 4.36. The minimum atomic E-state index is 0.757. The first-order valence-electron chi connectivity index (χ1n) is 7.77. The summed E-state index contributed by atoms with van der Waals surface area (Å²) in [6.07, 6.45) is 8.42. The lowest BCUT2D eigenvalue weighted by molar-refractivity contribution is 0.464. The Kier molecular flexibility index (Phi) is 5.71. The molecular formula is C17H28N2. The fourth-order valence-corrected chi connectivity index (χ4v) is 3.03. The zero-order valence-corrected chi connectivity index (χ0v) is 12.5. The van der Waals surface area contributed by atoms with Crippen molar-refractivity contribution in [3.05, 3.63) is 29.8 Å². The average Bonchev–Trinajstić information content (AvgIpc) is 2.68. The molecule has 1 N–H and O–H groups in total. The van der Waals surface area contributed by atoms with Gasteiger partial charge in [0.15, 0.2) is 0 Å². The number of likely N-dealkylation sites (N-methyl/N-ethyl adjacent to an activating group) is 1. The van der Waals surface area contributed by atoms with Crippen molar-refractivity contribution in [3.63, 3.8) is 0 Å². The summed E-state index contributed by atoms with van der Waals surface area (Å²) in [5.41, 5.74) is 2.71. The SMILES string of the molecule is Cc1ccccc1N(C)CCNC1CCCCCC1. The minimum absolute atomic E-state index is 0.757. The Hall–Kier alpha value is -1.02. The molecule has 2 nitrogen and oxygen atoms in total. The number of anilines is 1. The van der Waals surface area contributed by atoms with E-state index < -0.39 is 0 Å². The van der Waals surface area contributed by atoms with E-state index in [-0.39, 0.29) is 0 Å². The number of aryl methyl sites for hydroxylation is 1. The van der Waals surface area contributed by atoms with Gasteiger partial charge >= 0.3 is 0 Å². The van der Waals surface area contributed by atoms with Gasteiger partial charge in [-0.15, -0.1) is 0 Å². The number of hydrogen-bond donors (Lipinski definition) is 1. The van der Waals surface area contributed by atoms with Crippen LogP contribution in [0.1, 0.15) is 44.1 Å². The maximum atomic E-state index is 3.74. The minimum Gasteiger partial charge on any atom is -0.373 e. The molecule has 0 heterocycles. The second-order valence-electron chi connectivity index (χ2n) is 5.85. The summed E-state index contributed by atoms with van der Waals surface area (Å²) >= 11 is 0. The highest BCUT2D eigenvalue weighted by atomic mass is 15.1. The van der Waals surface area contributed by atoms with Gasteiger partial charge in [-0.25, -0.2) is 0 Å². The molecule has 106 valence electrons. The van der Waals surface area contributed by atoms with Crippen LogP contribution >= 0.6 is 0 Å². The van der Waals surface area contributed by atoms with E-state index in [1.807, 2.05) is 0 Å². The molecule has 1 aliphatic rings. The van der Waals surface area contributed by atoms with Gasteiger partial charge in [-0.3, -0.25) is 0 Å². The molecule has 0 bridgehead atoms. The third-order valence-electron chi connectivity index (χ3n) is 4.26. The normalized spacial score (nSPS) is 17.2. The van der Waals surface area contributed by atoms with Crippen LogP contribution < -0.4 is 10.2 Å². The smallest absolute Gasteiger partial charge is 0.0393 e. The van der Waals surface area contributed by atoms with Crippen LogP contribution in [0.2, 0.25) is 0 Å². The lowest BCUT2D eigenvalue weighted by Gasteiger charge is -2.23. The van der Waals surface area contributed by atoms with E-state index in [2.05, 4.69) is 48.5 Å². The fourth-order valence-electron chi connectivity index (χ4n) is 3.03. The van der Waals surface area contributed by atoms with Crippen molar-refractivity contribution < 1.29 is 0 Å². The van der Waals surface area contributed by atoms with Crippen molar-refractivity contribution in [2.24, 2.45) is 0 Å². The van der Waals surface area contributed by atoms with E-state index >= 15 is 0 Å². The van der Waals surface area contributed by atoms with E-state index in [0.717, 1.165) is 19.1 Å². The van der Waals surface area contributed by atoms with E-state index in [1.165, 1.54) is 49.8 Å². The van der Waals surface area contributed by atoms with Gasteiger partial charge in [-0.2, -0.15) is 0 Å². The first kappa shape index (κ1) is 14.4. The Morgan fingerprint density at radius 1 is 1.11 bits per heavy atom. The molecule has 1 aromatic rings. The van der Waals surface area contributed by atoms with Gasteiger partial charge in [0, 0.05) is 31.9 Å². The van der Waals surface area contributed by atoms with Crippen LogP contribution in [0, 0.1) is 6.92 Å². The van der Waals surface area contributed by atoms with Gasteiger partial charge < -0.3 is 10.2 Å². The van der Waals surface area contributed by atoms with Crippen LogP contribution in [0.25, 0.3) is 0 Å². The quantitative estimate of drug-likeness (QED) is 0.811. The number of hydrogen-bond acceptors (Lipinski definition) is 2. The molecule has 1 saturated carbocycles. The van der Waals surface area contributed by atoms with Crippen molar-refractivity contribution in [1.82, 2.24) is 5.32 Å². The van der Waals surface area contributed by atoms with Crippen molar-refractivity contribution in [1.29, 1.82) is 0 Å². The third-order valence-corrected chi connectivity index (χ3v) is 4.26. The molecule has 0 aliphatic heterocycles. The summed E-state index contributed by atoms with van der Waals surface area (Å²) in [6, 6.07) is 9.38. The highest BCUT2D eigenvalue weighted by molar-refractivity contribution is 5.52. The number of nitrogens with zero attached hydrogens (tertiary/aromatic N) is 1. The highest BCUT2D eigenvalue weighted by Crippen LogP contribution is 2.18. The van der Waals surface area contributed by atoms with E-state index in [4.69, 9.17) is 0 Å². The maximum Gasteiger partial charge on any atom is 0.0393 e. The number of nitrogens with one attached hydrogen (secondary N) is 1. The molecule has 0 saturated heterocycles. The first-order chi connectivity index (χ1) is 9.27. The van der Waals surface area contributed by atoms with Crippen molar-refractivity contribution in [2.45, 2.75) is 51.5 Å². The van der Waals surface area contributed by atoms with E-state index in [9.17, 15) is 0 Å². The topological polar surface area (TPSA) is 15.3 Å². The molecule has 0 unspecified atom stereocenters. The molecule has 0 amide bonds. The van der Waals surface area contributed by atoms with Crippen LogP contribution in [-0.4, -0.2) is 26.2 Å². The molecule has 2 rings (SSSR count). The van der Waals surface area contributed by atoms with Crippen LogP contribution in [0.15, 0.2) is 24.3 Å². The van der Waals surface area contributed by atoms with Gasteiger partial charge in [0.2, 0.25) is 0 Å². The van der Waals surface area contributed by atoms with Gasteiger partial charge in [-0.1, -0.05) is 43.9 Å².